The van der Waals surface area contributed by atoms with Crippen molar-refractivity contribution in [2.75, 3.05) is 10.2 Å². The van der Waals surface area contributed by atoms with Gasteiger partial charge in [0.05, 0.1) is 6.04 Å². The minimum atomic E-state index is -0.0180. The lowest BCUT2D eigenvalue weighted by molar-refractivity contribution is 0.0974. The fourth-order valence-electron chi connectivity index (χ4n) is 3.75. The van der Waals surface area contributed by atoms with E-state index in [9.17, 15) is 4.79 Å². The zero-order valence-corrected chi connectivity index (χ0v) is 15.9. The summed E-state index contributed by atoms with van der Waals surface area (Å²) in [5.41, 5.74) is 3.78. The van der Waals surface area contributed by atoms with Gasteiger partial charge in [-0.3, -0.25) is 4.79 Å². The molecule has 0 aliphatic carbocycles. The molecule has 1 amide bonds. The van der Waals surface area contributed by atoms with Crippen LogP contribution in [0.5, 0.6) is 0 Å². The van der Waals surface area contributed by atoms with E-state index in [2.05, 4.69) is 30.4 Å². The summed E-state index contributed by atoms with van der Waals surface area (Å²) in [5.74, 6) is -0.0180. The van der Waals surface area contributed by atoms with Gasteiger partial charge in [0.15, 0.2) is 0 Å². The van der Waals surface area contributed by atoms with E-state index in [1.165, 1.54) is 0 Å². The third kappa shape index (κ3) is 3.56. The summed E-state index contributed by atoms with van der Waals surface area (Å²) in [6.45, 7) is 2.10. The van der Waals surface area contributed by atoms with Crippen LogP contribution in [0.15, 0.2) is 78.9 Å². The number of para-hydroxylation sites is 2. The highest BCUT2D eigenvalue weighted by molar-refractivity contribution is 6.31. The van der Waals surface area contributed by atoms with E-state index in [1.807, 2.05) is 53.4 Å². The Morgan fingerprint density at radius 3 is 2.52 bits per heavy atom. The number of rotatable bonds is 3. The Morgan fingerprint density at radius 1 is 1.00 bits per heavy atom. The Morgan fingerprint density at radius 2 is 1.74 bits per heavy atom. The molecule has 0 bridgehead atoms. The van der Waals surface area contributed by atoms with E-state index in [0.717, 1.165) is 23.4 Å². The summed E-state index contributed by atoms with van der Waals surface area (Å²) in [6, 6.07) is 25.7. The molecule has 0 spiro atoms. The second-order valence-corrected chi connectivity index (χ2v) is 7.33. The fraction of sp³-hybridized carbons (Fsp3) is 0.174. The van der Waals surface area contributed by atoms with Gasteiger partial charge >= 0.3 is 0 Å². The molecule has 27 heavy (non-hydrogen) atoms. The number of benzene rings is 3. The van der Waals surface area contributed by atoms with E-state index in [0.29, 0.717) is 10.6 Å². The number of halogens is 1. The van der Waals surface area contributed by atoms with Crippen molar-refractivity contribution in [2.24, 2.45) is 0 Å². The fourth-order valence-corrected chi connectivity index (χ4v) is 3.95. The topological polar surface area (TPSA) is 32.3 Å². The average molecular weight is 377 g/mol. The molecule has 4 heteroatoms. The predicted octanol–water partition coefficient (Wildman–Crippen LogP) is 5.93. The van der Waals surface area contributed by atoms with E-state index in [4.69, 9.17) is 11.6 Å². The van der Waals surface area contributed by atoms with Crippen LogP contribution in [-0.4, -0.2) is 11.9 Å². The zero-order chi connectivity index (χ0) is 18.8. The van der Waals surface area contributed by atoms with Gasteiger partial charge in [0.2, 0.25) is 0 Å². The van der Waals surface area contributed by atoms with Crippen molar-refractivity contribution < 1.29 is 4.79 Å². The smallest absolute Gasteiger partial charge is 0.258 e. The molecular formula is C23H21ClN2O. The maximum absolute atomic E-state index is 13.2. The van der Waals surface area contributed by atoms with Crippen molar-refractivity contribution in [2.45, 2.75) is 25.4 Å². The molecule has 0 aromatic heterocycles. The number of carbonyl (C=O) groups is 1. The number of hydrogen-bond donors (Lipinski definition) is 1. The van der Waals surface area contributed by atoms with Crippen LogP contribution in [0.25, 0.3) is 0 Å². The number of anilines is 2. The van der Waals surface area contributed by atoms with Crippen LogP contribution in [0, 0.1) is 0 Å². The first-order chi connectivity index (χ1) is 13.1. The molecule has 3 aromatic rings. The number of fused-ring (bicyclic) bond motifs is 1. The van der Waals surface area contributed by atoms with E-state index in [1.54, 1.807) is 12.1 Å². The molecule has 0 radical (unpaired) electrons. The van der Waals surface area contributed by atoms with Crippen LogP contribution in [0.3, 0.4) is 0 Å². The number of carbonyl (C=O) groups excluding carboxylic acids is 1. The standard InChI is InChI=1S/C23H21ClN2O/c1-16-14-21(25-19-10-3-2-4-11-19)20-12-5-6-13-22(20)26(16)23(27)17-8-7-9-18(24)15-17/h2-13,15-16,21,25H,14H2,1H3/t16-,21+/m1/s1. The van der Waals surface area contributed by atoms with Crippen LogP contribution in [0.4, 0.5) is 11.4 Å². The highest BCUT2D eigenvalue weighted by atomic mass is 35.5. The molecule has 1 aliphatic rings. The van der Waals surface area contributed by atoms with E-state index >= 15 is 0 Å². The summed E-state index contributed by atoms with van der Waals surface area (Å²) in [4.78, 5) is 15.1. The molecule has 1 heterocycles. The number of nitrogens with one attached hydrogen (secondary N) is 1. The van der Waals surface area contributed by atoms with Gasteiger partial charge < -0.3 is 10.2 Å². The van der Waals surface area contributed by atoms with Crippen molar-refractivity contribution >= 4 is 28.9 Å². The molecule has 0 saturated carbocycles. The minimum absolute atomic E-state index is 0.0180. The third-order valence-corrected chi connectivity index (χ3v) is 5.23. The van der Waals surface area contributed by atoms with Crippen LogP contribution in [-0.2, 0) is 0 Å². The van der Waals surface area contributed by atoms with Gasteiger partial charge in [-0.1, -0.05) is 54.1 Å². The van der Waals surface area contributed by atoms with Gasteiger partial charge in [0.1, 0.15) is 0 Å². The molecule has 4 rings (SSSR count). The second-order valence-electron chi connectivity index (χ2n) is 6.89. The predicted molar refractivity (Wildman–Crippen MR) is 112 cm³/mol. The normalized spacial score (nSPS) is 18.7. The Balaban J connectivity index is 1.70. The first kappa shape index (κ1) is 17.6. The van der Waals surface area contributed by atoms with Gasteiger partial charge in [0, 0.05) is 28.0 Å². The molecular weight excluding hydrogens is 356 g/mol. The summed E-state index contributed by atoms with van der Waals surface area (Å²) >= 11 is 6.10. The molecule has 3 aromatic carbocycles. The first-order valence-corrected chi connectivity index (χ1v) is 9.51. The lowest BCUT2D eigenvalue weighted by Crippen LogP contribution is -2.44. The summed E-state index contributed by atoms with van der Waals surface area (Å²) in [5, 5.41) is 4.19. The van der Waals surface area contributed by atoms with Crippen molar-refractivity contribution in [3.05, 3.63) is 95.0 Å². The van der Waals surface area contributed by atoms with E-state index < -0.39 is 0 Å². The molecule has 0 saturated heterocycles. The van der Waals surface area contributed by atoms with Crippen molar-refractivity contribution in [3.8, 4) is 0 Å². The maximum Gasteiger partial charge on any atom is 0.258 e. The molecule has 1 aliphatic heterocycles. The molecule has 2 atom stereocenters. The monoisotopic (exact) mass is 376 g/mol. The van der Waals surface area contributed by atoms with Crippen molar-refractivity contribution in [1.82, 2.24) is 0 Å². The van der Waals surface area contributed by atoms with Crippen LogP contribution in [0.2, 0.25) is 5.02 Å². The van der Waals surface area contributed by atoms with Gasteiger partial charge in [-0.05, 0) is 55.3 Å². The van der Waals surface area contributed by atoms with Crippen molar-refractivity contribution in [1.29, 1.82) is 0 Å². The third-order valence-electron chi connectivity index (χ3n) is 4.99. The van der Waals surface area contributed by atoms with Crippen LogP contribution >= 0.6 is 11.6 Å². The summed E-state index contributed by atoms with van der Waals surface area (Å²) in [6.07, 6.45) is 0.832. The van der Waals surface area contributed by atoms with Crippen LogP contribution in [0.1, 0.15) is 35.3 Å². The molecule has 0 fully saturated rings. The number of amides is 1. The SMILES string of the molecule is C[C@@H]1C[C@H](Nc2ccccc2)c2ccccc2N1C(=O)c1cccc(Cl)c1. The lowest BCUT2D eigenvalue weighted by Gasteiger charge is -2.40. The first-order valence-electron chi connectivity index (χ1n) is 9.13. The zero-order valence-electron chi connectivity index (χ0n) is 15.1. The van der Waals surface area contributed by atoms with Gasteiger partial charge in [-0.25, -0.2) is 0 Å². The van der Waals surface area contributed by atoms with Gasteiger partial charge in [-0.2, -0.15) is 0 Å². The number of hydrogen-bond acceptors (Lipinski definition) is 2. The number of nitrogens with zero attached hydrogens (tertiary/aromatic N) is 1. The second kappa shape index (κ2) is 7.45. The molecule has 136 valence electrons. The lowest BCUT2D eigenvalue weighted by atomic mass is 9.90. The maximum atomic E-state index is 13.2. The highest BCUT2D eigenvalue weighted by Gasteiger charge is 2.34. The Labute approximate surface area is 164 Å². The molecule has 3 nitrogen and oxygen atoms in total. The highest BCUT2D eigenvalue weighted by Crippen LogP contribution is 2.39. The Hall–Kier alpha value is -2.78. The van der Waals surface area contributed by atoms with Gasteiger partial charge in [0.25, 0.3) is 5.91 Å². The molecule has 0 unspecified atom stereocenters. The van der Waals surface area contributed by atoms with Gasteiger partial charge in [-0.15, -0.1) is 0 Å². The Kier molecular flexibility index (Phi) is 4.87. The largest absolute Gasteiger partial charge is 0.378 e. The minimum Gasteiger partial charge on any atom is -0.378 e. The summed E-state index contributed by atoms with van der Waals surface area (Å²) in [7, 11) is 0. The van der Waals surface area contributed by atoms with E-state index in [-0.39, 0.29) is 18.0 Å². The van der Waals surface area contributed by atoms with Crippen molar-refractivity contribution in [3.63, 3.8) is 0 Å². The quantitative estimate of drug-likeness (QED) is 0.614. The Bertz CT molecular complexity index is 957. The van der Waals surface area contributed by atoms with Crippen LogP contribution < -0.4 is 10.2 Å². The molecule has 1 N–H and O–H groups in total. The summed E-state index contributed by atoms with van der Waals surface area (Å²) < 4.78 is 0. The average Bonchev–Trinajstić information content (AvgIpc) is 2.68.